The van der Waals surface area contributed by atoms with Gasteiger partial charge in [0.1, 0.15) is 5.75 Å². The Morgan fingerprint density at radius 1 is 1.00 bits per heavy atom. The smallest absolute Gasteiger partial charge is 0.243 e. The van der Waals surface area contributed by atoms with E-state index >= 15 is 0 Å². The number of hydrogen-bond acceptors (Lipinski definition) is 4. The topological polar surface area (TPSA) is 49.9 Å². The molecule has 2 aromatic carbocycles. The molecule has 0 radical (unpaired) electrons. The number of ether oxygens (including phenoxy) is 1. The van der Waals surface area contributed by atoms with Gasteiger partial charge < -0.3 is 4.74 Å². The van der Waals surface area contributed by atoms with E-state index in [9.17, 15) is 8.42 Å². The quantitative estimate of drug-likeness (QED) is 0.724. The van der Waals surface area contributed by atoms with Crippen molar-refractivity contribution in [3.05, 3.63) is 64.7 Å². The fraction of sp³-hybridized carbons (Fsp3) is 0.391. The fourth-order valence-electron chi connectivity index (χ4n) is 3.81. The Bertz CT molecular complexity index is 977. The molecule has 0 atom stereocenters. The minimum Gasteiger partial charge on any atom is -0.496 e. The van der Waals surface area contributed by atoms with Crippen molar-refractivity contribution in [1.82, 2.24) is 9.21 Å². The van der Waals surface area contributed by atoms with E-state index < -0.39 is 10.0 Å². The van der Waals surface area contributed by atoms with Crippen molar-refractivity contribution in [2.45, 2.75) is 25.7 Å². The minimum atomic E-state index is -3.52. The first kappa shape index (κ1) is 21.6. The molecule has 1 aliphatic rings. The molecule has 2 aromatic rings. The van der Waals surface area contributed by atoms with E-state index in [4.69, 9.17) is 4.74 Å². The van der Waals surface area contributed by atoms with Crippen LogP contribution in [0.1, 0.15) is 22.3 Å². The summed E-state index contributed by atoms with van der Waals surface area (Å²) < 4.78 is 33.7. The van der Waals surface area contributed by atoms with Gasteiger partial charge in [0.25, 0.3) is 0 Å². The molecule has 0 amide bonds. The molecule has 1 saturated heterocycles. The molecule has 0 N–H and O–H groups in total. The molecule has 29 heavy (non-hydrogen) atoms. The van der Waals surface area contributed by atoms with Crippen LogP contribution in [0.3, 0.4) is 0 Å². The van der Waals surface area contributed by atoms with Gasteiger partial charge in [0.05, 0.1) is 12.0 Å². The third-order valence-corrected chi connectivity index (χ3v) is 7.79. The first-order chi connectivity index (χ1) is 13.8. The van der Waals surface area contributed by atoms with Crippen molar-refractivity contribution in [1.29, 1.82) is 0 Å². The number of nitrogens with zero attached hydrogens (tertiary/aromatic N) is 2. The molecule has 1 fully saturated rings. The number of sulfonamides is 1. The molecular weight excluding hydrogens is 384 g/mol. The summed E-state index contributed by atoms with van der Waals surface area (Å²) in [7, 11) is -1.91. The second kappa shape index (κ2) is 9.11. The van der Waals surface area contributed by atoms with Crippen LogP contribution >= 0.6 is 0 Å². The second-order valence-corrected chi connectivity index (χ2v) is 9.37. The largest absolute Gasteiger partial charge is 0.496 e. The molecule has 0 bridgehead atoms. The van der Waals surface area contributed by atoms with Gasteiger partial charge in [0.15, 0.2) is 0 Å². The summed E-state index contributed by atoms with van der Waals surface area (Å²) in [6.07, 6.45) is 4.25. The molecule has 0 unspecified atom stereocenters. The number of rotatable bonds is 6. The highest BCUT2D eigenvalue weighted by atomic mass is 32.2. The molecule has 5 nitrogen and oxygen atoms in total. The van der Waals surface area contributed by atoms with E-state index in [1.54, 1.807) is 11.4 Å². The highest BCUT2D eigenvalue weighted by Crippen LogP contribution is 2.32. The van der Waals surface area contributed by atoms with Crippen LogP contribution in [0.4, 0.5) is 0 Å². The number of piperazine rings is 1. The lowest BCUT2D eigenvalue weighted by atomic mass is 10.1. The Kier molecular flexibility index (Phi) is 6.77. The molecule has 0 saturated carbocycles. The zero-order chi connectivity index (χ0) is 21.0. The zero-order valence-corrected chi connectivity index (χ0v) is 18.5. The van der Waals surface area contributed by atoms with Crippen LogP contribution in [-0.2, 0) is 10.0 Å². The van der Waals surface area contributed by atoms with Crippen LogP contribution < -0.4 is 4.74 Å². The van der Waals surface area contributed by atoms with Crippen molar-refractivity contribution in [3.63, 3.8) is 0 Å². The number of methoxy groups -OCH3 is 1. The van der Waals surface area contributed by atoms with Gasteiger partial charge in [-0.3, -0.25) is 4.90 Å². The lowest BCUT2D eigenvalue weighted by Crippen LogP contribution is -2.48. The Labute approximate surface area is 174 Å². The van der Waals surface area contributed by atoms with E-state index in [-0.39, 0.29) is 0 Å². The summed E-state index contributed by atoms with van der Waals surface area (Å²) in [6.45, 7) is 8.90. The monoisotopic (exact) mass is 414 g/mol. The van der Waals surface area contributed by atoms with Crippen LogP contribution in [0.5, 0.6) is 5.75 Å². The molecule has 0 spiro atoms. The Balaban J connectivity index is 1.67. The van der Waals surface area contributed by atoms with Gasteiger partial charge in [-0.1, -0.05) is 42.5 Å². The van der Waals surface area contributed by atoms with Gasteiger partial charge in [0, 0.05) is 32.7 Å². The average molecular weight is 415 g/mol. The standard InChI is InChI=1S/C23H30N2O3S/c1-18-17-22(28-4)19(2)20(3)23(18)29(26,27)25-15-13-24(14-16-25)12-8-11-21-9-6-5-7-10-21/h5-11,17H,12-16H2,1-4H3. The van der Waals surface area contributed by atoms with Crippen LogP contribution in [0.25, 0.3) is 6.08 Å². The van der Waals surface area contributed by atoms with Crippen molar-refractivity contribution in [2.24, 2.45) is 0 Å². The van der Waals surface area contributed by atoms with Crippen molar-refractivity contribution in [3.8, 4) is 5.75 Å². The van der Waals surface area contributed by atoms with Crippen LogP contribution in [0.2, 0.25) is 0 Å². The third-order valence-electron chi connectivity index (χ3n) is 5.60. The normalized spacial score (nSPS) is 16.4. The maximum absolute atomic E-state index is 13.3. The highest BCUT2D eigenvalue weighted by Gasteiger charge is 2.31. The van der Waals surface area contributed by atoms with Gasteiger partial charge in [-0.25, -0.2) is 8.42 Å². The van der Waals surface area contributed by atoms with Crippen LogP contribution in [-0.4, -0.2) is 57.5 Å². The molecule has 1 aliphatic heterocycles. The summed E-state index contributed by atoms with van der Waals surface area (Å²) in [5.74, 6) is 0.731. The van der Waals surface area contributed by atoms with Gasteiger partial charge >= 0.3 is 0 Å². The predicted molar refractivity (Wildman–Crippen MR) is 118 cm³/mol. The van der Waals surface area contributed by atoms with Gasteiger partial charge in [0.2, 0.25) is 10.0 Å². The zero-order valence-electron chi connectivity index (χ0n) is 17.7. The maximum atomic E-state index is 13.3. The number of aryl methyl sites for hydroxylation is 1. The molecule has 3 rings (SSSR count). The van der Waals surface area contributed by atoms with Crippen molar-refractivity contribution in [2.75, 3.05) is 39.8 Å². The lowest BCUT2D eigenvalue weighted by Gasteiger charge is -2.34. The molecule has 156 valence electrons. The van der Waals surface area contributed by atoms with E-state index in [0.29, 0.717) is 18.0 Å². The minimum absolute atomic E-state index is 0.424. The van der Waals surface area contributed by atoms with Gasteiger partial charge in [-0.2, -0.15) is 4.31 Å². The molecule has 1 heterocycles. The average Bonchev–Trinajstić information content (AvgIpc) is 2.72. The Morgan fingerprint density at radius 2 is 1.66 bits per heavy atom. The van der Waals surface area contributed by atoms with Crippen LogP contribution in [0, 0.1) is 20.8 Å². The lowest BCUT2D eigenvalue weighted by molar-refractivity contribution is 0.204. The number of hydrogen-bond donors (Lipinski definition) is 0. The van der Waals surface area contributed by atoms with Crippen molar-refractivity contribution >= 4 is 16.1 Å². The third kappa shape index (κ3) is 4.71. The molecular formula is C23H30N2O3S. The molecule has 0 aliphatic carbocycles. The van der Waals surface area contributed by atoms with Crippen molar-refractivity contribution < 1.29 is 13.2 Å². The first-order valence-electron chi connectivity index (χ1n) is 9.93. The van der Waals surface area contributed by atoms with Gasteiger partial charge in [-0.05, 0) is 49.1 Å². The second-order valence-electron chi connectivity index (χ2n) is 7.49. The highest BCUT2D eigenvalue weighted by molar-refractivity contribution is 7.89. The fourth-order valence-corrected chi connectivity index (χ4v) is 5.72. The molecule has 0 aromatic heterocycles. The summed E-state index contributed by atoms with van der Waals surface area (Å²) in [5.41, 5.74) is 3.56. The summed E-state index contributed by atoms with van der Waals surface area (Å²) in [6, 6.07) is 12.0. The van der Waals surface area contributed by atoms with E-state index in [1.165, 1.54) is 5.56 Å². The van der Waals surface area contributed by atoms with E-state index in [2.05, 4.69) is 29.2 Å². The SMILES string of the molecule is COc1cc(C)c(S(=O)(=O)N2CCN(CC=Cc3ccccc3)CC2)c(C)c1C. The summed E-state index contributed by atoms with van der Waals surface area (Å²) in [5, 5.41) is 0. The van der Waals surface area contributed by atoms with E-state index in [1.807, 2.05) is 45.0 Å². The van der Waals surface area contributed by atoms with Crippen LogP contribution in [0.15, 0.2) is 47.4 Å². The maximum Gasteiger partial charge on any atom is 0.243 e. The Morgan fingerprint density at radius 3 is 2.28 bits per heavy atom. The summed E-state index contributed by atoms with van der Waals surface area (Å²) >= 11 is 0. The molecule has 6 heteroatoms. The Hall–Kier alpha value is -2.15. The number of benzene rings is 2. The summed E-state index contributed by atoms with van der Waals surface area (Å²) in [4.78, 5) is 2.71. The first-order valence-corrected chi connectivity index (χ1v) is 11.4. The van der Waals surface area contributed by atoms with Gasteiger partial charge in [-0.15, -0.1) is 0 Å². The van der Waals surface area contributed by atoms with E-state index in [0.717, 1.165) is 42.1 Å². The predicted octanol–water partition coefficient (Wildman–Crippen LogP) is 3.64.